The molecule has 0 atom stereocenters. The van der Waals surface area contributed by atoms with Gasteiger partial charge >= 0.3 is 0 Å². The maximum absolute atomic E-state index is 12.6. The fraction of sp³-hybridized carbons (Fsp3) is 0.300. The smallest absolute Gasteiger partial charge is 0.279 e. The van der Waals surface area contributed by atoms with Gasteiger partial charge in [0.2, 0.25) is 0 Å². The highest BCUT2D eigenvalue weighted by atomic mass is 35.5. The van der Waals surface area contributed by atoms with Crippen molar-refractivity contribution in [3.05, 3.63) is 59.1 Å². The van der Waals surface area contributed by atoms with Crippen LogP contribution >= 0.6 is 11.6 Å². The summed E-state index contributed by atoms with van der Waals surface area (Å²) < 4.78 is 0. The Bertz CT molecular complexity index is 771. The number of hydrogen-bond acceptors (Lipinski definition) is 2. The summed E-state index contributed by atoms with van der Waals surface area (Å²) in [7, 11) is 0. The van der Waals surface area contributed by atoms with Crippen LogP contribution in [0.15, 0.2) is 48.5 Å². The van der Waals surface area contributed by atoms with Crippen molar-refractivity contribution >= 4 is 34.8 Å². The van der Waals surface area contributed by atoms with E-state index >= 15 is 0 Å². The highest BCUT2D eigenvalue weighted by Gasteiger charge is 2.19. The molecule has 2 aromatic carbocycles. The van der Waals surface area contributed by atoms with Gasteiger partial charge in [-0.1, -0.05) is 23.7 Å². The molecule has 26 heavy (non-hydrogen) atoms. The van der Waals surface area contributed by atoms with Crippen LogP contribution in [-0.2, 0) is 4.79 Å². The van der Waals surface area contributed by atoms with Gasteiger partial charge in [0.25, 0.3) is 11.8 Å². The van der Waals surface area contributed by atoms with Crippen LogP contribution in [-0.4, -0.2) is 31.4 Å². The van der Waals surface area contributed by atoms with Crippen molar-refractivity contribution in [1.29, 1.82) is 0 Å². The third-order valence-corrected chi connectivity index (χ3v) is 4.77. The molecule has 1 saturated heterocycles. The lowest BCUT2D eigenvalue weighted by Crippen LogP contribution is -3.13. The van der Waals surface area contributed by atoms with E-state index in [2.05, 4.69) is 10.6 Å². The van der Waals surface area contributed by atoms with Crippen molar-refractivity contribution in [2.24, 2.45) is 0 Å². The Balaban J connectivity index is 1.65. The van der Waals surface area contributed by atoms with Crippen molar-refractivity contribution < 1.29 is 14.5 Å². The maximum Gasteiger partial charge on any atom is 0.279 e. The Morgan fingerprint density at radius 3 is 2.35 bits per heavy atom. The van der Waals surface area contributed by atoms with Gasteiger partial charge in [0.15, 0.2) is 6.54 Å². The molecule has 0 aromatic heterocycles. The molecule has 1 heterocycles. The number of hydrogen-bond donors (Lipinski definition) is 3. The molecule has 1 aliphatic rings. The molecule has 5 nitrogen and oxygen atoms in total. The fourth-order valence-electron chi connectivity index (χ4n) is 3.17. The summed E-state index contributed by atoms with van der Waals surface area (Å²) in [6.07, 6.45) is 3.59. The Labute approximate surface area is 158 Å². The summed E-state index contributed by atoms with van der Waals surface area (Å²) in [5.41, 5.74) is 1.61. The lowest BCUT2D eigenvalue weighted by atomic mass is 10.1. The van der Waals surface area contributed by atoms with Crippen LogP contribution < -0.4 is 15.5 Å². The molecule has 0 spiro atoms. The predicted octanol–water partition coefficient (Wildman–Crippen LogP) is 2.60. The van der Waals surface area contributed by atoms with E-state index in [0.29, 0.717) is 28.5 Å². The van der Waals surface area contributed by atoms with E-state index in [1.54, 1.807) is 42.5 Å². The van der Waals surface area contributed by atoms with E-state index < -0.39 is 0 Å². The number of amides is 2. The summed E-state index contributed by atoms with van der Waals surface area (Å²) in [5.74, 6) is -0.331. The molecule has 0 unspecified atom stereocenters. The van der Waals surface area contributed by atoms with Crippen LogP contribution in [0.25, 0.3) is 0 Å². The summed E-state index contributed by atoms with van der Waals surface area (Å²) in [6.45, 7) is 2.51. The number of para-hydroxylation sites is 1. The first-order valence-electron chi connectivity index (χ1n) is 8.91. The predicted molar refractivity (Wildman–Crippen MR) is 104 cm³/mol. The lowest BCUT2D eigenvalue weighted by Gasteiger charge is -2.23. The number of anilines is 2. The number of carbonyl (C=O) groups excluding carboxylic acids is 2. The highest BCUT2D eigenvalue weighted by Crippen LogP contribution is 2.18. The molecular weight excluding hydrogens is 350 g/mol. The Hall–Kier alpha value is -2.37. The lowest BCUT2D eigenvalue weighted by molar-refractivity contribution is -0.896. The zero-order valence-electron chi connectivity index (χ0n) is 14.6. The van der Waals surface area contributed by atoms with E-state index in [1.807, 2.05) is 6.07 Å². The average molecular weight is 373 g/mol. The van der Waals surface area contributed by atoms with E-state index in [1.165, 1.54) is 24.2 Å². The molecule has 3 N–H and O–H groups in total. The van der Waals surface area contributed by atoms with Crippen molar-refractivity contribution in [2.75, 3.05) is 30.3 Å². The second-order valence-corrected chi connectivity index (χ2v) is 6.98. The van der Waals surface area contributed by atoms with E-state index in [4.69, 9.17) is 11.6 Å². The molecule has 2 aromatic rings. The van der Waals surface area contributed by atoms with Crippen LogP contribution in [0.5, 0.6) is 0 Å². The van der Waals surface area contributed by atoms with E-state index in [9.17, 15) is 9.59 Å². The number of quaternary nitrogens is 1. The van der Waals surface area contributed by atoms with Crippen LogP contribution in [0.4, 0.5) is 11.4 Å². The molecule has 0 bridgehead atoms. The first-order chi connectivity index (χ1) is 12.6. The third kappa shape index (κ3) is 5.07. The second-order valence-electron chi connectivity index (χ2n) is 6.54. The highest BCUT2D eigenvalue weighted by molar-refractivity contribution is 6.30. The van der Waals surface area contributed by atoms with Gasteiger partial charge < -0.3 is 15.5 Å². The zero-order valence-corrected chi connectivity index (χ0v) is 15.3. The van der Waals surface area contributed by atoms with Crippen LogP contribution in [0.2, 0.25) is 5.02 Å². The number of likely N-dealkylation sites (tertiary alicyclic amines) is 1. The molecule has 0 radical (unpaired) electrons. The number of halogens is 1. The van der Waals surface area contributed by atoms with Crippen LogP contribution in [0.1, 0.15) is 29.6 Å². The largest absolute Gasteiger partial charge is 0.327 e. The number of benzene rings is 2. The minimum Gasteiger partial charge on any atom is -0.327 e. The number of nitrogens with one attached hydrogen (secondary N) is 3. The zero-order chi connectivity index (χ0) is 18.4. The Kier molecular flexibility index (Phi) is 6.26. The molecule has 136 valence electrons. The minimum absolute atomic E-state index is 0.0614. The van der Waals surface area contributed by atoms with E-state index in [0.717, 1.165) is 13.1 Å². The van der Waals surface area contributed by atoms with Crippen molar-refractivity contribution in [2.45, 2.75) is 19.3 Å². The first kappa shape index (κ1) is 18.4. The molecular formula is C20H23ClN3O2+. The topological polar surface area (TPSA) is 62.6 Å². The van der Waals surface area contributed by atoms with Gasteiger partial charge in [-0.2, -0.15) is 0 Å². The molecule has 3 rings (SSSR count). The third-order valence-electron chi connectivity index (χ3n) is 4.52. The number of rotatable bonds is 5. The number of piperidine rings is 1. The van der Waals surface area contributed by atoms with E-state index in [-0.39, 0.29) is 11.8 Å². The van der Waals surface area contributed by atoms with Gasteiger partial charge in [0.1, 0.15) is 0 Å². The van der Waals surface area contributed by atoms with Crippen LogP contribution in [0.3, 0.4) is 0 Å². The Morgan fingerprint density at radius 1 is 0.923 bits per heavy atom. The van der Waals surface area contributed by atoms with Gasteiger partial charge in [-0.3, -0.25) is 9.59 Å². The molecule has 1 fully saturated rings. The quantitative estimate of drug-likeness (QED) is 0.755. The molecule has 2 amide bonds. The summed E-state index contributed by atoms with van der Waals surface area (Å²) in [6, 6.07) is 13.9. The molecule has 1 aliphatic heterocycles. The van der Waals surface area contributed by atoms with Gasteiger partial charge in [0, 0.05) is 10.7 Å². The van der Waals surface area contributed by atoms with Gasteiger partial charge in [-0.05, 0) is 55.7 Å². The molecule has 6 heteroatoms. The molecule has 0 saturated carbocycles. The summed E-state index contributed by atoms with van der Waals surface area (Å²) in [4.78, 5) is 26.3. The average Bonchev–Trinajstić information content (AvgIpc) is 2.65. The minimum atomic E-state index is -0.270. The monoisotopic (exact) mass is 372 g/mol. The SMILES string of the molecule is O=C(C[NH+]1CCCCC1)Nc1ccccc1C(=O)Nc1ccc(Cl)cc1. The number of carbonyl (C=O) groups is 2. The molecule has 0 aliphatic carbocycles. The van der Waals surface area contributed by atoms with Crippen molar-refractivity contribution in [1.82, 2.24) is 0 Å². The van der Waals surface area contributed by atoms with Crippen LogP contribution in [0, 0.1) is 0 Å². The van der Waals surface area contributed by atoms with Crippen molar-refractivity contribution in [3.8, 4) is 0 Å². The standard InChI is InChI=1S/C20H22ClN3O2/c21-15-8-10-16(11-9-15)22-20(26)17-6-2-3-7-18(17)23-19(25)14-24-12-4-1-5-13-24/h2-3,6-11H,1,4-5,12-14H2,(H,22,26)(H,23,25)/p+1. The summed E-state index contributed by atoms with van der Waals surface area (Å²) in [5, 5.41) is 6.33. The van der Waals surface area contributed by atoms with Gasteiger partial charge in [-0.15, -0.1) is 0 Å². The fourth-order valence-corrected chi connectivity index (χ4v) is 3.30. The normalized spacial score (nSPS) is 14.7. The first-order valence-corrected chi connectivity index (χ1v) is 9.29. The van der Waals surface area contributed by atoms with Gasteiger partial charge in [-0.25, -0.2) is 0 Å². The Morgan fingerprint density at radius 2 is 1.62 bits per heavy atom. The summed E-state index contributed by atoms with van der Waals surface area (Å²) >= 11 is 5.87. The van der Waals surface area contributed by atoms with Gasteiger partial charge in [0.05, 0.1) is 24.3 Å². The maximum atomic E-state index is 12.6. The van der Waals surface area contributed by atoms with Crippen molar-refractivity contribution in [3.63, 3.8) is 0 Å². The second kappa shape index (κ2) is 8.83.